The summed E-state index contributed by atoms with van der Waals surface area (Å²) in [5.41, 5.74) is 6.00. The second-order valence-corrected chi connectivity index (χ2v) is 4.77. The third-order valence-corrected chi connectivity index (χ3v) is 2.96. The lowest BCUT2D eigenvalue weighted by Gasteiger charge is -2.15. The van der Waals surface area contributed by atoms with Crippen molar-refractivity contribution in [2.24, 2.45) is 5.73 Å². The lowest BCUT2D eigenvalue weighted by atomic mass is 10.2. The Labute approximate surface area is 123 Å². The molecule has 0 heterocycles. The summed E-state index contributed by atoms with van der Waals surface area (Å²) in [6.45, 7) is 4.61. The summed E-state index contributed by atoms with van der Waals surface area (Å²) in [7, 11) is 0. The fourth-order valence-electron chi connectivity index (χ4n) is 1.84. The third kappa shape index (κ3) is 5.39. The first kappa shape index (κ1) is 16.9. The highest BCUT2D eigenvalue weighted by molar-refractivity contribution is 5.79. The summed E-state index contributed by atoms with van der Waals surface area (Å²) in [5, 5.41) is 14.0. The predicted octanol–water partition coefficient (Wildman–Crippen LogP) is 1.53. The molecule has 1 rings (SSSR count). The van der Waals surface area contributed by atoms with Crippen LogP contribution in [-0.2, 0) is 4.79 Å². The number of ether oxygens (including phenoxy) is 1. The van der Waals surface area contributed by atoms with Crippen molar-refractivity contribution in [2.75, 3.05) is 13.2 Å². The summed E-state index contributed by atoms with van der Waals surface area (Å²) >= 11 is 0. The molecule has 0 saturated heterocycles. The van der Waals surface area contributed by atoms with Gasteiger partial charge in [0.1, 0.15) is 0 Å². The number of hydrogen-bond acceptors (Lipinski definition) is 5. The van der Waals surface area contributed by atoms with E-state index in [0.717, 1.165) is 12.0 Å². The van der Waals surface area contributed by atoms with Gasteiger partial charge in [0, 0.05) is 12.5 Å². The van der Waals surface area contributed by atoms with Crippen molar-refractivity contribution in [2.45, 2.75) is 32.7 Å². The maximum absolute atomic E-state index is 11.3. The molecule has 0 aliphatic heterocycles. The number of carbonyl (C=O) groups excluding carboxylic acids is 1. The SMILES string of the molecule is CCCNC(CCOc1ccc(C)cc1[N+](=O)[O-])C(N)=O. The van der Waals surface area contributed by atoms with Gasteiger partial charge >= 0.3 is 5.69 Å². The van der Waals surface area contributed by atoms with E-state index in [1.54, 1.807) is 19.1 Å². The Kier molecular flexibility index (Phi) is 6.61. The molecule has 7 nitrogen and oxygen atoms in total. The van der Waals surface area contributed by atoms with Crippen molar-refractivity contribution >= 4 is 11.6 Å². The highest BCUT2D eigenvalue weighted by Crippen LogP contribution is 2.27. The van der Waals surface area contributed by atoms with Crippen molar-refractivity contribution in [3.63, 3.8) is 0 Å². The lowest BCUT2D eigenvalue weighted by Crippen LogP contribution is -2.42. The Bertz CT molecular complexity index is 505. The van der Waals surface area contributed by atoms with Crippen LogP contribution < -0.4 is 15.8 Å². The van der Waals surface area contributed by atoms with Crippen LogP contribution in [0, 0.1) is 17.0 Å². The quantitative estimate of drug-likeness (QED) is 0.530. The Balaban J connectivity index is 2.62. The predicted molar refractivity (Wildman–Crippen MR) is 79.2 cm³/mol. The van der Waals surface area contributed by atoms with Crippen LogP contribution in [0.2, 0.25) is 0 Å². The molecule has 0 saturated carbocycles. The van der Waals surface area contributed by atoms with Gasteiger partial charge in [-0.1, -0.05) is 13.0 Å². The first-order valence-corrected chi connectivity index (χ1v) is 6.86. The normalized spacial score (nSPS) is 11.9. The van der Waals surface area contributed by atoms with Gasteiger partial charge in [-0.25, -0.2) is 0 Å². The van der Waals surface area contributed by atoms with Crippen LogP contribution in [0.25, 0.3) is 0 Å². The van der Waals surface area contributed by atoms with E-state index in [1.165, 1.54) is 6.07 Å². The molecule has 0 bridgehead atoms. The number of nitrogens with zero attached hydrogens (tertiary/aromatic N) is 1. The molecule has 1 unspecified atom stereocenters. The summed E-state index contributed by atoms with van der Waals surface area (Å²) in [6, 6.07) is 4.26. The van der Waals surface area contributed by atoms with Crippen LogP contribution in [0.5, 0.6) is 5.75 Å². The molecule has 21 heavy (non-hydrogen) atoms. The van der Waals surface area contributed by atoms with E-state index in [4.69, 9.17) is 10.5 Å². The number of nitro groups is 1. The molecule has 116 valence electrons. The molecular formula is C14H21N3O4. The molecule has 0 radical (unpaired) electrons. The van der Waals surface area contributed by atoms with Gasteiger partial charge in [-0.3, -0.25) is 14.9 Å². The maximum atomic E-state index is 11.3. The zero-order chi connectivity index (χ0) is 15.8. The second kappa shape index (κ2) is 8.21. The van der Waals surface area contributed by atoms with E-state index in [1.807, 2.05) is 6.92 Å². The first-order valence-electron chi connectivity index (χ1n) is 6.86. The molecule has 1 aromatic rings. The van der Waals surface area contributed by atoms with Crippen LogP contribution in [0.4, 0.5) is 5.69 Å². The number of nitrogens with two attached hydrogens (primary N) is 1. The zero-order valence-electron chi connectivity index (χ0n) is 12.3. The standard InChI is InChI=1S/C14H21N3O4/c1-3-7-16-11(14(15)18)6-8-21-13-5-4-10(2)9-12(13)17(19)20/h4-5,9,11,16H,3,6-8H2,1-2H3,(H2,15,18). The van der Waals surface area contributed by atoms with E-state index < -0.39 is 16.9 Å². The summed E-state index contributed by atoms with van der Waals surface area (Å²) in [4.78, 5) is 21.7. The van der Waals surface area contributed by atoms with Crippen LogP contribution in [-0.4, -0.2) is 30.0 Å². The van der Waals surface area contributed by atoms with Crippen LogP contribution in [0.3, 0.4) is 0 Å². The van der Waals surface area contributed by atoms with Gasteiger partial charge in [-0.2, -0.15) is 0 Å². The Morgan fingerprint density at radius 2 is 2.24 bits per heavy atom. The second-order valence-electron chi connectivity index (χ2n) is 4.77. The van der Waals surface area contributed by atoms with E-state index in [2.05, 4.69) is 5.32 Å². The van der Waals surface area contributed by atoms with Crippen LogP contribution >= 0.6 is 0 Å². The van der Waals surface area contributed by atoms with Gasteiger partial charge in [0.2, 0.25) is 5.91 Å². The highest BCUT2D eigenvalue weighted by Gasteiger charge is 2.17. The Hall–Kier alpha value is -2.15. The highest BCUT2D eigenvalue weighted by atomic mass is 16.6. The van der Waals surface area contributed by atoms with Gasteiger partial charge in [-0.15, -0.1) is 0 Å². The molecule has 7 heteroatoms. The molecule has 1 amide bonds. The van der Waals surface area contributed by atoms with Crippen molar-refractivity contribution in [1.29, 1.82) is 0 Å². The van der Waals surface area contributed by atoms with Gasteiger partial charge in [0.15, 0.2) is 5.75 Å². The average Bonchev–Trinajstić information content (AvgIpc) is 2.43. The fraction of sp³-hybridized carbons (Fsp3) is 0.500. The van der Waals surface area contributed by atoms with Crippen LogP contribution in [0.1, 0.15) is 25.3 Å². The minimum atomic E-state index is -0.491. The number of primary amides is 1. The van der Waals surface area contributed by atoms with Gasteiger partial charge in [-0.05, 0) is 31.5 Å². The molecule has 0 aliphatic carbocycles. The van der Waals surface area contributed by atoms with E-state index in [9.17, 15) is 14.9 Å². The third-order valence-electron chi connectivity index (χ3n) is 2.96. The number of rotatable bonds is 9. The number of benzene rings is 1. The molecular weight excluding hydrogens is 274 g/mol. The number of aryl methyl sites for hydroxylation is 1. The molecule has 0 aromatic heterocycles. The van der Waals surface area contributed by atoms with E-state index in [-0.39, 0.29) is 18.0 Å². The average molecular weight is 295 g/mol. The molecule has 0 spiro atoms. The van der Waals surface area contributed by atoms with Gasteiger partial charge in [0.25, 0.3) is 0 Å². The summed E-state index contributed by atoms with van der Waals surface area (Å²) in [6.07, 6.45) is 1.24. The number of nitro benzene ring substituents is 1. The Morgan fingerprint density at radius 3 is 2.81 bits per heavy atom. The maximum Gasteiger partial charge on any atom is 0.311 e. The smallest absolute Gasteiger partial charge is 0.311 e. The van der Waals surface area contributed by atoms with E-state index >= 15 is 0 Å². The van der Waals surface area contributed by atoms with Crippen molar-refractivity contribution in [3.8, 4) is 5.75 Å². The number of hydrogen-bond donors (Lipinski definition) is 2. The zero-order valence-corrected chi connectivity index (χ0v) is 12.3. The van der Waals surface area contributed by atoms with Crippen molar-refractivity contribution in [3.05, 3.63) is 33.9 Å². The molecule has 0 fully saturated rings. The number of amides is 1. The fourth-order valence-corrected chi connectivity index (χ4v) is 1.84. The summed E-state index contributed by atoms with van der Waals surface area (Å²) in [5.74, 6) is -0.255. The van der Waals surface area contributed by atoms with E-state index in [0.29, 0.717) is 13.0 Å². The van der Waals surface area contributed by atoms with Crippen LogP contribution in [0.15, 0.2) is 18.2 Å². The number of carbonyl (C=O) groups is 1. The first-order chi connectivity index (χ1) is 9.95. The van der Waals surface area contributed by atoms with Crippen molar-refractivity contribution < 1.29 is 14.5 Å². The van der Waals surface area contributed by atoms with Gasteiger partial charge in [0.05, 0.1) is 17.6 Å². The van der Waals surface area contributed by atoms with Gasteiger partial charge < -0.3 is 15.8 Å². The Morgan fingerprint density at radius 1 is 1.52 bits per heavy atom. The molecule has 3 N–H and O–H groups in total. The molecule has 0 aliphatic rings. The van der Waals surface area contributed by atoms with Crippen molar-refractivity contribution in [1.82, 2.24) is 5.32 Å². The molecule has 1 atom stereocenters. The summed E-state index contributed by atoms with van der Waals surface area (Å²) < 4.78 is 5.42. The largest absolute Gasteiger partial charge is 0.487 e. The minimum Gasteiger partial charge on any atom is -0.487 e. The number of nitrogens with one attached hydrogen (secondary N) is 1. The lowest BCUT2D eigenvalue weighted by molar-refractivity contribution is -0.385. The molecule has 1 aromatic carbocycles. The minimum absolute atomic E-state index is 0.0767. The monoisotopic (exact) mass is 295 g/mol. The topological polar surface area (TPSA) is 107 Å².